The third kappa shape index (κ3) is 4.98. The third-order valence-corrected chi connectivity index (χ3v) is 5.94. The predicted molar refractivity (Wildman–Crippen MR) is 107 cm³/mol. The molecule has 6 heteroatoms. The number of benzene rings is 1. The van der Waals surface area contributed by atoms with Gasteiger partial charge in [0.2, 0.25) is 17.6 Å². The highest BCUT2D eigenvalue weighted by molar-refractivity contribution is 5.79. The molecule has 1 unspecified atom stereocenters. The predicted octanol–water partition coefficient (Wildman–Crippen LogP) is 3.79. The highest BCUT2D eigenvalue weighted by Crippen LogP contribution is 2.22. The quantitative estimate of drug-likeness (QED) is 0.797. The van der Waals surface area contributed by atoms with Gasteiger partial charge in [-0.25, -0.2) is 0 Å². The lowest BCUT2D eigenvalue weighted by Gasteiger charge is -2.31. The normalized spacial score (nSPS) is 21.9. The largest absolute Gasteiger partial charge is 0.353 e. The van der Waals surface area contributed by atoms with Gasteiger partial charge in [-0.1, -0.05) is 61.2 Å². The fraction of sp³-hybridized carbons (Fsp3) is 0.591. The Hall–Kier alpha value is -2.21. The molecule has 150 valence electrons. The molecule has 2 fully saturated rings. The van der Waals surface area contributed by atoms with Gasteiger partial charge in [-0.05, 0) is 32.2 Å². The molecule has 1 saturated carbocycles. The summed E-state index contributed by atoms with van der Waals surface area (Å²) in [5.41, 5.74) is 0.955. The maximum atomic E-state index is 12.8. The number of carbonyl (C=O) groups excluding carboxylic acids is 1. The van der Waals surface area contributed by atoms with E-state index in [0.717, 1.165) is 44.3 Å². The molecule has 28 heavy (non-hydrogen) atoms. The van der Waals surface area contributed by atoms with Gasteiger partial charge in [-0.15, -0.1) is 0 Å². The van der Waals surface area contributed by atoms with Crippen LogP contribution in [0.2, 0.25) is 0 Å². The zero-order valence-corrected chi connectivity index (χ0v) is 16.5. The number of piperidine rings is 1. The average Bonchev–Trinajstić information content (AvgIpc) is 3.04. The van der Waals surface area contributed by atoms with Crippen molar-refractivity contribution >= 4 is 5.91 Å². The second-order valence-corrected chi connectivity index (χ2v) is 8.15. The van der Waals surface area contributed by atoms with Crippen molar-refractivity contribution in [2.24, 2.45) is 5.92 Å². The number of nitrogens with zero attached hydrogens (tertiary/aromatic N) is 3. The minimum Gasteiger partial charge on any atom is -0.353 e. The van der Waals surface area contributed by atoms with Crippen molar-refractivity contribution in [1.29, 1.82) is 0 Å². The number of hydrogen-bond acceptors (Lipinski definition) is 5. The molecule has 2 heterocycles. The van der Waals surface area contributed by atoms with Crippen LogP contribution in [0.5, 0.6) is 0 Å². The number of hydrogen-bond donors (Lipinski definition) is 1. The number of likely N-dealkylation sites (tertiary alicyclic amines) is 1. The standard InChI is InChI=1S/C22H30N4O2/c27-22(23-19-12-6-1-2-7-13-19)18-11-8-14-26(15-18)16-20-24-21(25-28-20)17-9-4-3-5-10-17/h3-5,9-10,18-19H,1-2,6-8,11-16H2,(H,23,27). The second-order valence-electron chi connectivity index (χ2n) is 8.15. The maximum absolute atomic E-state index is 12.8. The topological polar surface area (TPSA) is 71.3 Å². The van der Waals surface area contributed by atoms with Gasteiger partial charge in [0.1, 0.15) is 0 Å². The Bertz CT molecular complexity index is 753. The smallest absolute Gasteiger partial charge is 0.241 e. The molecule has 2 aliphatic rings. The van der Waals surface area contributed by atoms with E-state index in [9.17, 15) is 4.79 Å². The van der Waals surface area contributed by atoms with E-state index in [1.807, 2.05) is 30.3 Å². The zero-order chi connectivity index (χ0) is 19.2. The van der Waals surface area contributed by atoms with E-state index in [1.165, 1.54) is 25.7 Å². The summed E-state index contributed by atoms with van der Waals surface area (Å²) in [7, 11) is 0. The molecule has 1 saturated heterocycles. The zero-order valence-electron chi connectivity index (χ0n) is 16.5. The van der Waals surface area contributed by atoms with Crippen LogP contribution in [-0.4, -0.2) is 40.1 Å². The lowest BCUT2D eigenvalue weighted by molar-refractivity contribution is -0.127. The van der Waals surface area contributed by atoms with Crippen LogP contribution >= 0.6 is 0 Å². The van der Waals surface area contributed by atoms with Crippen LogP contribution in [0.3, 0.4) is 0 Å². The highest BCUT2D eigenvalue weighted by Gasteiger charge is 2.28. The minimum atomic E-state index is 0.0634. The molecular formula is C22H30N4O2. The number of rotatable bonds is 5. The molecule has 1 aromatic heterocycles. The molecule has 4 rings (SSSR count). The van der Waals surface area contributed by atoms with Gasteiger partial charge in [0.15, 0.2) is 0 Å². The van der Waals surface area contributed by atoms with Crippen LogP contribution in [0.25, 0.3) is 11.4 Å². The molecule has 6 nitrogen and oxygen atoms in total. The molecule has 1 aromatic carbocycles. The van der Waals surface area contributed by atoms with Crippen molar-refractivity contribution in [3.8, 4) is 11.4 Å². The van der Waals surface area contributed by atoms with Gasteiger partial charge in [0.05, 0.1) is 12.5 Å². The molecule has 2 aromatic rings. The molecular weight excluding hydrogens is 352 g/mol. The third-order valence-electron chi connectivity index (χ3n) is 5.94. The molecule has 0 bridgehead atoms. The van der Waals surface area contributed by atoms with Crippen molar-refractivity contribution in [3.63, 3.8) is 0 Å². The van der Waals surface area contributed by atoms with Crippen molar-refractivity contribution in [1.82, 2.24) is 20.4 Å². The summed E-state index contributed by atoms with van der Waals surface area (Å²) < 4.78 is 5.45. The number of aromatic nitrogens is 2. The average molecular weight is 383 g/mol. The van der Waals surface area contributed by atoms with Gasteiger partial charge in [0, 0.05) is 18.2 Å². The Balaban J connectivity index is 1.31. The molecule has 0 radical (unpaired) electrons. The Morgan fingerprint density at radius 3 is 2.64 bits per heavy atom. The van der Waals surface area contributed by atoms with Crippen LogP contribution in [0.1, 0.15) is 57.3 Å². The molecule has 1 amide bonds. The van der Waals surface area contributed by atoms with Crippen LogP contribution in [0.4, 0.5) is 0 Å². The number of carbonyl (C=O) groups is 1. The highest BCUT2D eigenvalue weighted by atomic mass is 16.5. The first-order chi connectivity index (χ1) is 13.8. The number of amides is 1. The van der Waals surface area contributed by atoms with E-state index in [4.69, 9.17) is 4.52 Å². The van der Waals surface area contributed by atoms with E-state index in [-0.39, 0.29) is 11.8 Å². The molecule has 0 spiro atoms. The Labute approximate surface area is 166 Å². The van der Waals surface area contributed by atoms with Gasteiger partial charge in [0.25, 0.3) is 0 Å². The van der Waals surface area contributed by atoms with Gasteiger partial charge in [-0.2, -0.15) is 4.98 Å². The summed E-state index contributed by atoms with van der Waals surface area (Å²) in [6.45, 7) is 2.34. The molecule has 1 N–H and O–H groups in total. The van der Waals surface area contributed by atoms with E-state index < -0.39 is 0 Å². The van der Waals surface area contributed by atoms with Gasteiger partial charge in [-0.3, -0.25) is 9.69 Å². The fourth-order valence-corrected chi connectivity index (χ4v) is 4.37. The summed E-state index contributed by atoms with van der Waals surface area (Å²) in [6.07, 6.45) is 9.35. The first-order valence-electron chi connectivity index (χ1n) is 10.7. The maximum Gasteiger partial charge on any atom is 0.241 e. The second kappa shape index (κ2) is 9.32. The van der Waals surface area contributed by atoms with E-state index >= 15 is 0 Å². The first kappa shape index (κ1) is 19.1. The van der Waals surface area contributed by atoms with Crippen molar-refractivity contribution < 1.29 is 9.32 Å². The summed E-state index contributed by atoms with van der Waals surface area (Å²) in [6, 6.07) is 10.2. The van der Waals surface area contributed by atoms with Crippen LogP contribution < -0.4 is 5.32 Å². The Morgan fingerprint density at radius 1 is 1.07 bits per heavy atom. The summed E-state index contributed by atoms with van der Waals surface area (Å²) in [4.78, 5) is 19.6. The van der Waals surface area contributed by atoms with Gasteiger partial charge >= 0.3 is 0 Å². The lowest BCUT2D eigenvalue weighted by Crippen LogP contribution is -2.45. The minimum absolute atomic E-state index is 0.0634. The van der Waals surface area contributed by atoms with E-state index in [0.29, 0.717) is 24.3 Å². The van der Waals surface area contributed by atoms with Crippen LogP contribution in [0.15, 0.2) is 34.9 Å². The Kier molecular flexibility index (Phi) is 6.37. The van der Waals surface area contributed by atoms with Gasteiger partial charge < -0.3 is 9.84 Å². The number of nitrogens with one attached hydrogen (secondary N) is 1. The monoisotopic (exact) mass is 382 g/mol. The van der Waals surface area contributed by atoms with Crippen LogP contribution in [-0.2, 0) is 11.3 Å². The Morgan fingerprint density at radius 2 is 1.86 bits per heavy atom. The SMILES string of the molecule is O=C(NC1CCCCCC1)C1CCCN(Cc2nc(-c3ccccc3)no2)C1. The fourth-order valence-electron chi connectivity index (χ4n) is 4.37. The molecule has 1 aliphatic carbocycles. The van der Waals surface area contributed by atoms with Crippen molar-refractivity contribution in [3.05, 3.63) is 36.2 Å². The van der Waals surface area contributed by atoms with E-state index in [2.05, 4.69) is 20.4 Å². The van der Waals surface area contributed by atoms with E-state index in [1.54, 1.807) is 0 Å². The van der Waals surface area contributed by atoms with Crippen molar-refractivity contribution in [2.45, 2.75) is 64.0 Å². The summed E-state index contributed by atoms with van der Waals surface area (Å²) in [5.74, 6) is 1.53. The lowest BCUT2D eigenvalue weighted by atomic mass is 9.96. The van der Waals surface area contributed by atoms with Crippen molar-refractivity contribution in [2.75, 3.05) is 13.1 Å². The molecule has 1 atom stereocenters. The first-order valence-corrected chi connectivity index (χ1v) is 10.7. The summed E-state index contributed by atoms with van der Waals surface area (Å²) in [5, 5.41) is 7.42. The van der Waals surface area contributed by atoms with Crippen LogP contribution in [0, 0.1) is 5.92 Å². The molecule has 1 aliphatic heterocycles. The summed E-state index contributed by atoms with van der Waals surface area (Å²) >= 11 is 0.